The van der Waals surface area contributed by atoms with E-state index in [1.54, 1.807) is 0 Å². The zero-order valence-electron chi connectivity index (χ0n) is 14.3. The van der Waals surface area contributed by atoms with Gasteiger partial charge in [0.05, 0.1) is 0 Å². The Balaban J connectivity index is 1.50. The van der Waals surface area contributed by atoms with Crippen molar-refractivity contribution in [3.8, 4) is 11.1 Å². The second-order valence-corrected chi connectivity index (χ2v) is 6.85. The van der Waals surface area contributed by atoms with Crippen molar-refractivity contribution in [3.05, 3.63) is 60.2 Å². The number of carbonyl (C=O) groups excluding carboxylic acids is 1. The topological polar surface area (TPSA) is 29.1 Å². The van der Waals surface area contributed by atoms with Crippen molar-refractivity contribution in [3.63, 3.8) is 0 Å². The van der Waals surface area contributed by atoms with Gasteiger partial charge in [-0.05, 0) is 35.6 Å². The maximum atomic E-state index is 12.3. The van der Waals surface area contributed by atoms with Gasteiger partial charge in [0.1, 0.15) is 0 Å². The van der Waals surface area contributed by atoms with Gasteiger partial charge in [0.2, 0.25) is 0 Å². The van der Waals surface area contributed by atoms with E-state index >= 15 is 0 Å². The lowest BCUT2D eigenvalue weighted by Gasteiger charge is -2.14. The third-order valence-corrected chi connectivity index (χ3v) is 5.07. The normalized spacial score (nSPS) is 15.7. The molecule has 1 N–H and O–H groups in total. The Hall–Kier alpha value is -2.09. The zero-order valence-corrected chi connectivity index (χ0v) is 14.3. The number of carbonyl (C=O) groups is 1. The maximum Gasteiger partial charge on any atom is 0.251 e. The van der Waals surface area contributed by atoms with Gasteiger partial charge in [0.25, 0.3) is 5.91 Å². The van der Waals surface area contributed by atoms with Crippen molar-refractivity contribution in [2.24, 2.45) is 5.92 Å². The van der Waals surface area contributed by atoms with Crippen LogP contribution in [0.3, 0.4) is 0 Å². The Morgan fingerprint density at radius 2 is 1.46 bits per heavy atom. The summed E-state index contributed by atoms with van der Waals surface area (Å²) in [6.07, 6.45) is 9.28. The van der Waals surface area contributed by atoms with E-state index in [1.807, 2.05) is 42.5 Å². The molecule has 2 heteroatoms. The van der Waals surface area contributed by atoms with Gasteiger partial charge in [-0.25, -0.2) is 0 Å². The van der Waals surface area contributed by atoms with Crippen LogP contribution in [0.2, 0.25) is 0 Å². The molecule has 1 fully saturated rings. The summed E-state index contributed by atoms with van der Waals surface area (Å²) in [5.41, 5.74) is 3.07. The molecular weight excluding hydrogens is 294 g/mol. The number of amides is 1. The fourth-order valence-electron chi connectivity index (χ4n) is 3.59. The summed E-state index contributed by atoms with van der Waals surface area (Å²) in [5, 5.41) is 3.09. The average molecular weight is 321 g/mol. The van der Waals surface area contributed by atoms with Gasteiger partial charge in [0.15, 0.2) is 0 Å². The Labute approximate surface area is 145 Å². The lowest BCUT2D eigenvalue weighted by Crippen LogP contribution is -2.25. The minimum Gasteiger partial charge on any atom is -0.352 e. The molecule has 0 atom stereocenters. The highest BCUT2D eigenvalue weighted by Crippen LogP contribution is 2.25. The van der Waals surface area contributed by atoms with Gasteiger partial charge in [-0.1, -0.05) is 81.0 Å². The predicted octanol–water partition coefficient (Wildman–Crippen LogP) is 5.44. The number of nitrogens with one attached hydrogen (secondary N) is 1. The van der Waals surface area contributed by atoms with Gasteiger partial charge >= 0.3 is 0 Å². The van der Waals surface area contributed by atoms with Crippen molar-refractivity contribution < 1.29 is 4.79 Å². The number of benzene rings is 2. The van der Waals surface area contributed by atoms with E-state index in [-0.39, 0.29) is 5.91 Å². The average Bonchev–Trinajstić information content (AvgIpc) is 2.91. The molecule has 1 aliphatic carbocycles. The Kier molecular flexibility index (Phi) is 6.06. The molecule has 2 nitrogen and oxygen atoms in total. The number of hydrogen-bond donors (Lipinski definition) is 1. The predicted molar refractivity (Wildman–Crippen MR) is 100 cm³/mol. The minimum absolute atomic E-state index is 0.0447. The van der Waals surface area contributed by atoms with E-state index in [0.29, 0.717) is 0 Å². The SMILES string of the molecule is O=C(NCCC1CCCCCC1)c1ccc(-c2ccccc2)cc1. The third kappa shape index (κ3) is 4.70. The first-order valence-corrected chi connectivity index (χ1v) is 9.26. The molecule has 0 radical (unpaired) electrons. The molecule has 1 aliphatic rings. The molecule has 0 saturated heterocycles. The van der Waals surface area contributed by atoms with Crippen LogP contribution in [0, 0.1) is 5.92 Å². The Morgan fingerprint density at radius 1 is 0.833 bits per heavy atom. The van der Waals surface area contributed by atoms with E-state index in [0.717, 1.165) is 30.0 Å². The molecule has 126 valence electrons. The summed E-state index contributed by atoms with van der Waals surface area (Å²) in [7, 11) is 0. The first-order chi connectivity index (χ1) is 11.8. The van der Waals surface area contributed by atoms with E-state index in [4.69, 9.17) is 0 Å². The van der Waals surface area contributed by atoms with Crippen molar-refractivity contribution >= 4 is 5.91 Å². The van der Waals surface area contributed by atoms with Crippen LogP contribution in [0.4, 0.5) is 0 Å². The van der Waals surface area contributed by atoms with E-state index in [1.165, 1.54) is 44.1 Å². The molecule has 0 aromatic heterocycles. The molecule has 1 saturated carbocycles. The largest absolute Gasteiger partial charge is 0.352 e. The fraction of sp³-hybridized carbons (Fsp3) is 0.409. The van der Waals surface area contributed by atoms with Crippen LogP contribution < -0.4 is 5.32 Å². The van der Waals surface area contributed by atoms with Crippen LogP contribution in [0.25, 0.3) is 11.1 Å². The molecule has 0 aliphatic heterocycles. The summed E-state index contributed by atoms with van der Waals surface area (Å²) < 4.78 is 0. The van der Waals surface area contributed by atoms with Gasteiger partial charge in [-0.3, -0.25) is 4.79 Å². The second kappa shape index (κ2) is 8.68. The molecule has 0 unspecified atom stereocenters. The van der Waals surface area contributed by atoms with Crippen LogP contribution >= 0.6 is 0 Å². The van der Waals surface area contributed by atoms with Crippen molar-refractivity contribution in [2.75, 3.05) is 6.54 Å². The monoisotopic (exact) mass is 321 g/mol. The molecule has 1 amide bonds. The molecule has 24 heavy (non-hydrogen) atoms. The quantitative estimate of drug-likeness (QED) is 0.730. The minimum atomic E-state index is 0.0447. The van der Waals surface area contributed by atoms with Gasteiger partial charge in [0, 0.05) is 12.1 Å². The first kappa shape index (κ1) is 16.8. The lowest BCUT2D eigenvalue weighted by atomic mass is 9.96. The molecular formula is C22H27NO. The summed E-state index contributed by atoms with van der Waals surface area (Å²) >= 11 is 0. The molecule has 3 rings (SSSR count). The summed E-state index contributed by atoms with van der Waals surface area (Å²) in [6, 6.07) is 18.1. The van der Waals surface area contributed by atoms with Crippen LogP contribution in [0.1, 0.15) is 55.3 Å². The summed E-state index contributed by atoms with van der Waals surface area (Å²) in [5.74, 6) is 0.844. The van der Waals surface area contributed by atoms with Gasteiger partial charge in [-0.2, -0.15) is 0 Å². The smallest absolute Gasteiger partial charge is 0.251 e. The van der Waals surface area contributed by atoms with E-state index < -0.39 is 0 Å². The highest BCUT2D eigenvalue weighted by atomic mass is 16.1. The second-order valence-electron chi connectivity index (χ2n) is 6.85. The Morgan fingerprint density at radius 3 is 2.12 bits per heavy atom. The number of rotatable bonds is 5. The van der Waals surface area contributed by atoms with Crippen LogP contribution in [-0.4, -0.2) is 12.5 Å². The molecule has 2 aromatic carbocycles. The highest BCUT2D eigenvalue weighted by molar-refractivity contribution is 5.94. The molecule has 0 bridgehead atoms. The van der Waals surface area contributed by atoms with E-state index in [2.05, 4.69) is 17.4 Å². The Bertz CT molecular complexity index is 625. The van der Waals surface area contributed by atoms with Gasteiger partial charge < -0.3 is 5.32 Å². The van der Waals surface area contributed by atoms with Gasteiger partial charge in [-0.15, -0.1) is 0 Å². The first-order valence-electron chi connectivity index (χ1n) is 9.26. The summed E-state index contributed by atoms with van der Waals surface area (Å²) in [6.45, 7) is 0.796. The molecule has 0 heterocycles. The summed E-state index contributed by atoms with van der Waals surface area (Å²) in [4.78, 5) is 12.3. The molecule has 2 aromatic rings. The van der Waals surface area contributed by atoms with Crippen molar-refractivity contribution in [1.29, 1.82) is 0 Å². The standard InChI is InChI=1S/C22H27NO/c24-22(23-17-16-18-8-4-1-2-5-9-18)21-14-12-20(13-15-21)19-10-6-3-7-11-19/h3,6-7,10-15,18H,1-2,4-5,8-9,16-17H2,(H,23,24). The lowest BCUT2D eigenvalue weighted by molar-refractivity contribution is 0.0951. The number of hydrogen-bond acceptors (Lipinski definition) is 1. The van der Waals surface area contributed by atoms with Crippen molar-refractivity contribution in [1.82, 2.24) is 5.32 Å². The fourth-order valence-corrected chi connectivity index (χ4v) is 3.59. The van der Waals surface area contributed by atoms with Crippen molar-refractivity contribution in [2.45, 2.75) is 44.9 Å². The molecule has 0 spiro atoms. The van der Waals surface area contributed by atoms with Crippen LogP contribution in [0.5, 0.6) is 0 Å². The van der Waals surface area contributed by atoms with Crippen LogP contribution in [-0.2, 0) is 0 Å². The highest BCUT2D eigenvalue weighted by Gasteiger charge is 2.12. The van der Waals surface area contributed by atoms with E-state index in [9.17, 15) is 4.79 Å². The van der Waals surface area contributed by atoms with Crippen LogP contribution in [0.15, 0.2) is 54.6 Å². The zero-order chi connectivity index (χ0) is 16.6. The maximum absolute atomic E-state index is 12.3. The third-order valence-electron chi connectivity index (χ3n) is 5.07.